The van der Waals surface area contributed by atoms with Crippen molar-refractivity contribution in [1.29, 1.82) is 0 Å². The van der Waals surface area contributed by atoms with Gasteiger partial charge in [0.1, 0.15) is 0 Å². The lowest BCUT2D eigenvalue weighted by Gasteiger charge is -2.23. The van der Waals surface area contributed by atoms with Gasteiger partial charge >= 0.3 is 0 Å². The van der Waals surface area contributed by atoms with E-state index in [4.69, 9.17) is 15.0 Å². The highest BCUT2D eigenvalue weighted by molar-refractivity contribution is 5.57. The Balaban J connectivity index is 1.53. The Morgan fingerprint density at radius 3 is 1.73 bits per heavy atom. The molecule has 2 aromatic rings. The van der Waals surface area contributed by atoms with Gasteiger partial charge in [-0.15, -0.1) is 0 Å². The summed E-state index contributed by atoms with van der Waals surface area (Å²) in [5, 5.41) is 7.90. The average Bonchev–Trinajstić information content (AvgIpc) is 3.21. The lowest BCUT2D eigenvalue weighted by Crippen LogP contribution is -2.34. The molecule has 1 aromatic carbocycles. The Hall–Kier alpha value is -2.45. The standard InChI is InChI=1S/C25H40N8/c1-3-12-21-13-14-22(19-20(21)2)26-23-27-24(30-32-15-8-4-5-9-16-32)29-25(28-23)31-33-17-10-6-7-11-18-33/h13-14,19H,3-12,15-18H2,1-2H3,(H3,26,27,28,29,30,31). The fraction of sp³-hybridized carbons (Fsp3) is 0.640. The summed E-state index contributed by atoms with van der Waals surface area (Å²) in [6.07, 6.45) is 12.2. The van der Waals surface area contributed by atoms with Crippen molar-refractivity contribution in [3.63, 3.8) is 0 Å². The lowest BCUT2D eigenvalue weighted by molar-refractivity contribution is 0.336. The minimum atomic E-state index is 0.558. The number of nitrogens with one attached hydrogen (secondary N) is 3. The molecule has 0 unspecified atom stereocenters. The number of nitrogens with zero attached hydrogens (tertiary/aromatic N) is 5. The highest BCUT2D eigenvalue weighted by Gasteiger charge is 2.15. The third-order valence-electron chi connectivity index (χ3n) is 6.48. The first kappa shape index (κ1) is 23.7. The second kappa shape index (κ2) is 12.1. The van der Waals surface area contributed by atoms with Gasteiger partial charge in [0.25, 0.3) is 0 Å². The van der Waals surface area contributed by atoms with E-state index < -0.39 is 0 Å². The molecule has 0 saturated carbocycles. The minimum absolute atomic E-state index is 0.558. The molecule has 3 heterocycles. The van der Waals surface area contributed by atoms with Crippen molar-refractivity contribution in [3.05, 3.63) is 29.3 Å². The summed E-state index contributed by atoms with van der Waals surface area (Å²) in [4.78, 5) is 14.1. The van der Waals surface area contributed by atoms with Crippen LogP contribution in [0.1, 0.15) is 75.8 Å². The molecule has 2 aliphatic rings. The molecule has 2 fully saturated rings. The molecule has 0 bridgehead atoms. The number of hydrogen-bond acceptors (Lipinski definition) is 8. The summed E-state index contributed by atoms with van der Waals surface area (Å²) in [6.45, 7) is 8.45. The van der Waals surface area contributed by atoms with Crippen LogP contribution in [0.25, 0.3) is 0 Å². The molecule has 180 valence electrons. The highest BCUT2D eigenvalue weighted by Crippen LogP contribution is 2.21. The van der Waals surface area contributed by atoms with Crippen molar-refractivity contribution in [2.75, 3.05) is 42.3 Å². The normalized spacial score (nSPS) is 18.4. The Morgan fingerprint density at radius 2 is 1.24 bits per heavy atom. The van der Waals surface area contributed by atoms with Crippen molar-refractivity contribution in [2.45, 2.75) is 78.1 Å². The zero-order chi connectivity index (χ0) is 22.9. The van der Waals surface area contributed by atoms with Gasteiger partial charge in [-0.25, -0.2) is 10.0 Å². The quantitative estimate of drug-likeness (QED) is 0.499. The van der Waals surface area contributed by atoms with Crippen LogP contribution in [0.3, 0.4) is 0 Å². The third-order valence-corrected chi connectivity index (χ3v) is 6.48. The summed E-state index contributed by atoms with van der Waals surface area (Å²) < 4.78 is 0. The van der Waals surface area contributed by atoms with Crippen LogP contribution >= 0.6 is 0 Å². The average molecular weight is 453 g/mol. The van der Waals surface area contributed by atoms with Gasteiger partial charge in [0, 0.05) is 31.9 Å². The third kappa shape index (κ3) is 7.27. The van der Waals surface area contributed by atoms with Crippen molar-refractivity contribution in [1.82, 2.24) is 25.0 Å². The van der Waals surface area contributed by atoms with Gasteiger partial charge in [-0.1, -0.05) is 45.1 Å². The van der Waals surface area contributed by atoms with Crippen LogP contribution in [0, 0.1) is 6.92 Å². The maximum atomic E-state index is 4.71. The summed E-state index contributed by atoms with van der Waals surface area (Å²) in [7, 11) is 0. The van der Waals surface area contributed by atoms with Crippen LogP contribution in [0.2, 0.25) is 0 Å². The number of hydrogen-bond donors (Lipinski definition) is 3. The van der Waals surface area contributed by atoms with E-state index in [-0.39, 0.29) is 0 Å². The van der Waals surface area contributed by atoms with E-state index in [9.17, 15) is 0 Å². The Labute approximate surface area is 198 Å². The van der Waals surface area contributed by atoms with E-state index in [1.807, 2.05) is 0 Å². The number of rotatable bonds is 8. The van der Waals surface area contributed by atoms with Crippen LogP contribution < -0.4 is 16.2 Å². The van der Waals surface area contributed by atoms with Gasteiger partial charge in [-0.2, -0.15) is 15.0 Å². The number of hydrazine groups is 2. The summed E-state index contributed by atoms with van der Waals surface area (Å²) in [6, 6.07) is 6.50. The Bertz CT molecular complexity index is 830. The fourth-order valence-electron chi connectivity index (χ4n) is 4.63. The molecule has 4 rings (SSSR count). The van der Waals surface area contributed by atoms with Gasteiger partial charge < -0.3 is 5.32 Å². The Kier molecular flexibility index (Phi) is 8.72. The van der Waals surface area contributed by atoms with Gasteiger partial charge in [-0.3, -0.25) is 10.9 Å². The predicted octanol–water partition coefficient (Wildman–Crippen LogP) is 5.28. The smallest absolute Gasteiger partial charge is 0.244 e. The number of aromatic nitrogens is 3. The molecule has 33 heavy (non-hydrogen) atoms. The number of benzene rings is 1. The molecular weight excluding hydrogens is 412 g/mol. The number of anilines is 4. The van der Waals surface area contributed by atoms with E-state index >= 15 is 0 Å². The molecule has 8 nitrogen and oxygen atoms in total. The second-order valence-electron chi connectivity index (χ2n) is 9.35. The molecule has 0 spiro atoms. The zero-order valence-electron chi connectivity index (χ0n) is 20.4. The molecule has 0 atom stereocenters. The van der Waals surface area contributed by atoms with Crippen molar-refractivity contribution in [2.24, 2.45) is 0 Å². The van der Waals surface area contributed by atoms with Crippen LogP contribution in [-0.2, 0) is 6.42 Å². The zero-order valence-corrected chi connectivity index (χ0v) is 20.4. The fourth-order valence-corrected chi connectivity index (χ4v) is 4.63. The predicted molar refractivity (Wildman–Crippen MR) is 136 cm³/mol. The van der Waals surface area contributed by atoms with E-state index in [1.54, 1.807) is 0 Å². The molecule has 0 aliphatic carbocycles. The van der Waals surface area contributed by atoms with Crippen molar-refractivity contribution in [3.8, 4) is 0 Å². The Morgan fingerprint density at radius 1 is 0.727 bits per heavy atom. The van der Waals surface area contributed by atoms with E-state index in [2.05, 4.69) is 58.2 Å². The van der Waals surface area contributed by atoms with E-state index in [0.29, 0.717) is 17.8 Å². The largest absolute Gasteiger partial charge is 0.324 e. The van der Waals surface area contributed by atoms with Crippen molar-refractivity contribution < 1.29 is 0 Å². The van der Waals surface area contributed by atoms with Crippen LogP contribution in [0.15, 0.2) is 18.2 Å². The van der Waals surface area contributed by atoms with Crippen molar-refractivity contribution >= 4 is 23.5 Å². The molecule has 8 heteroatoms. The first-order chi connectivity index (χ1) is 16.2. The van der Waals surface area contributed by atoms with Crippen LogP contribution in [-0.4, -0.2) is 51.1 Å². The van der Waals surface area contributed by atoms with Gasteiger partial charge in [-0.05, 0) is 62.3 Å². The monoisotopic (exact) mass is 452 g/mol. The summed E-state index contributed by atoms with van der Waals surface area (Å²) in [5.74, 6) is 1.74. The summed E-state index contributed by atoms with van der Waals surface area (Å²) in [5.41, 5.74) is 10.6. The first-order valence-electron chi connectivity index (χ1n) is 12.9. The molecule has 2 aliphatic heterocycles. The van der Waals surface area contributed by atoms with E-state index in [0.717, 1.165) is 44.7 Å². The molecule has 1 aromatic heterocycles. The lowest BCUT2D eigenvalue weighted by atomic mass is 10.0. The van der Waals surface area contributed by atoms with Crippen LogP contribution in [0.5, 0.6) is 0 Å². The van der Waals surface area contributed by atoms with Gasteiger partial charge in [0.15, 0.2) is 0 Å². The van der Waals surface area contributed by atoms with E-state index in [1.165, 1.54) is 62.5 Å². The summed E-state index contributed by atoms with van der Waals surface area (Å²) >= 11 is 0. The number of aryl methyl sites for hydroxylation is 2. The first-order valence-corrected chi connectivity index (χ1v) is 12.9. The SMILES string of the molecule is CCCc1ccc(Nc2nc(NN3CCCCCC3)nc(NN3CCCCCC3)n2)cc1C. The molecule has 0 amide bonds. The maximum Gasteiger partial charge on any atom is 0.244 e. The topological polar surface area (TPSA) is 81.2 Å². The molecule has 2 saturated heterocycles. The minimum Gasteiger partial charge on any atom is -0.324 e. The maximum absolute atomic E-state index is 4.71. The van der Waals surface area contributed by atoms with Gasteiger partial charge in [0.2, 0.25) is 17.8 Å². The highest BCUT2D eigenvalue weighted by atomic mass is 15.6. The van der Waals surface area contributed by atoms with Gasteiger partial charge in [0.05, 0.1) is 0 Å². The molecule has 3 N–H and O–H groups in total. The molecule has 0 radical (unpaired) electrons. The second-order valence-corrected chi connectivity index (χ2v) is 9.35. The molecular formula is C25H40N8. The van der Waals surface area contributed by atoms with Crippen LogP contribution in [0.4, 0.5) is 23.5 Å².